The SMILES string of the molecule is COc1cccc(CCC(=O)N2CCC(OCCCN)CC2)c1.Cl. The number of rotatable bonds is 8. The topological polar surface area (TPSA) is 64.8 Å². The minimum atomic E-state index is 0. The van der Waals surface area contributed by atoms with Crippen LogP contribution in [0.4, 0.5) is 0 Å². The second-order valence-corrected chi connectivity index (χ2v) is 5.94. The van der Waals surface area contributed by atoms with Gasteiger partial charge in [-0.3, -0.25) is 4.79 Å². The number of amides is 1. The number of aryl methyl sites for hydroxylation is 1. The highest BCUT2D eigenvalue weighted by molar-refractivity contribution is 5.85. The van der Waals surface area contributed by atoms with Gasteiger partial charge in [-0.1, -0.05) is 12.1 Å². The van der Waals surface area contributed by atoms with Crippen LogP contribution in [0.2, 0.25) is 0 Å². The first kappa shape index (κ1) is 20.7. The number of nitrogens with two attached hydrogens (primary N) is 1. The first-order valence-electron chi connectivity index (χ1n) is 8.45. The molecule has 2 rings (SSSR count). The molecule has 1 aromatic carbocycles. The summed E-state index contributed by atoms with van der Waals surface area (Å²) in [5.41, 5.74) is 6.60. The van der Waals surface area contributed by atoms with E-state index in [1.54, 1.807) is 7.11 Å². The lowest BCUT2D eigenvalue weighted by molar-refractivity contribution is -0.133. The van der Waals surface area contributed by atoms with E-state index in [-0.39, 0.29) is 24.4 Å². The van der Waals surface area contributed by atoms with Crippen molar-refractivity contribution in [3.8, 4) is 5.75 Å². The Hall–Kier alpha value is -1.30. The van der Waals surface area contributed by atoms with Gasteiger partial charge in [0.15, 0.2) is 0 Å². The highest BCUT2D eigenvalue weighted by Gasteiger charge is 2.22. The maximum absolute atomic E-state index is 12.3. The second kappa shape index (κ2) is 11.3. The average Bonchev–Trinajstić information content (AvgIpc) is 2.60. The second-order valence-electron chi connectivity index (χ2n) is 5.94. The van der Waals surface area contributed by atoms with E-state index in [1.807, 2.05) is 29.2 Å². The van der Waals surface area contributed by atoms with Gasteiger partial charge in [-0.25, -0.2) is 0 Å². The van der Waals surface area contributed by atoms with Crippen LogP contribution < -0.4 is 10.5 Å². The van der Waals surface area contributed by atoms with E-state index in [9.17, 15) is 4.79 Å². The van der Waals surface area contributed by atoms with Gasteiger partial charge in [-0.05, 0) is 49.9 Å². The highest BCUT2D eigenvalue weighted by atomic mass is 35.5. The summed E-state index contributed by atoms with van der Waals surface area (Å²) in [5.74, 6) is 1.07. The molecule has 1 amide bonds. The molecule has 0 atom stereocenters. The number of hydrogen-bond donors (Lipinski definition) is 1. The molecule has 0 radical (unpaired) electrons. The molecule has 1 aliphatic rings. The molecule has 24 heavy (non-hydrogen) atoms. The fourth-order valence-electron chi connectivity index (χ4n) is 2.84. The monoisotopic (exact) mass is 356 g/mol. The smallest absolute Gasteiger partial charge is 0.222 e. The van der Waals surface area contributed by atoms with Crippen LogP contribution in [0.5, 0.6) is 5.75 Å². The van der Waals surface area contributed by atoms with Crippen molar-refractivity contribution < 1.29 is 14.3 Å². The molecular weight excluding hydrogens is 328 g/mol. The summed E-state index contributed by atoms with van der Waals surface area (Å²) in [6, 6.07) is 7.90. The Kier molecular flexibility index (Phi) is 9.76. The molecule has 5 nitrogen and oxygen atoms in total. The predicted octanol–water partition coefficient (Wildman–Crippen LogP) is 2.41. The molecule has 1 aromatic rings. The molecule has 0 spiro atoms. The van der Waals surface area contributed by atoms with Crippen LogP contribution >= 0.6 is 12.4 Å². The van der Waals surface area contributed by atoms with E-state index >= 15 is 0 Å². The Morgan fingerprint density at radius 3 is 2.75 bits per heavy atom. The standard InChI is InChI=1S/C18H28N2O3.ClH/c1-22-17-5-2-4-15(14-17)6-7-18(21)20-11-8-16(9-12-20)23-13-3-10-19;/h2,4-5,14,16H,3,6-13,19H2,1H3;1H. The third-order valence-electron chi connectivity index (χ3n) is 4.26. The number of piperidine rings is 1. The quantitative estimate of drug-likeness (QED) is 0.726. The molecule has 0 unspecified atom stereocenters. The molecule has 1 heterocycles. The molecular formula is C18H29ClN2O3. The van der Waals surface area contributed by atoms with Crippen molar-refractivity contribution in [3.05, 3.63) is 29.8 Å². The molecule has 136 valence electrons. The van der Waals surface area contributed by atoms with Gasteiger partial charge in [0.25, 0.3) is 0 Å². The molecule has 2 N–H and O–H groups in total. The first-order valence-corrected chi connectivity index (χ1v) is 8.45. The van der Waals surface area contributed by atoms with E-state index < -0.39 is 0 Å². The molecule has 6 heteroatoms. The van der Waals surface area contributed by atoms with Gasteiger partial charge in [0.05, 0.1) is 13.2 Å². The summed E-state index contributed by atoms with van der Waals surface area (Å²) in [6.07, 6.45) is 4.34. The summed E-state index contributed by atoms with van der Waals surface area (Å²) in [5, 5.41) is 0. The summed E-state index contributed by atoms with van der Waals surface area (Å²) in [6.45, 7) is 2.99. The Bertz CT molecular complexity index is 491. The minimum Gasteiger partial charge on any atom is -0.497 e. The van der Waals surface area contributed by atoms with Gasteiger partial charge in [0, 0.05) is 26.1 Å². The van der Waals surface area contributed by atoms with Gasteiger partial charge in [0.1, 0.15) is 5.75 Å². The van der Waals surface area contributed by atoms with E-state index in [2.05, 4.69) is 0 Å². The van der Waals surface area contributed by atoms with Crippen LogP contribution in [0.15, 0.2) is 24.3 Å². The summed E-state index contributed by atoms with van der Waals surface area (Å²) in [4.78, 5) is 14.3. The van der Waals surface area contributed by atoms with Crippen LogP contribution in [0.3, 0.4) is 0 Å². The Morgan fingerprint density at radius 2 is 2.08 bits per heavy atom. The summed E-state index contributed by atoms with van der Waals surface area (Å²) in [7, 11) is 1.66. The summed E-state index contributed by atoms with van der Waals surface area (Å²) < 4.78 is 11.0. The lowest BCUT2D eigenvalue weighted by atomic mass is 10.1. The average molecular weight is 357 g/mol. The van der Waals surface area contributed by atoms with E-state index in [4.69, 9.17) is 15.2 Å². The molecule has 1 aliphatic heterocycles. The number of likely N-dealkylation sites (tertiary alicyclic amines) is 1. The number of methoxy groups -OCH3 is 1. The molecule has 0 bridgehead atoms. The Balaban J connectivity index is 0.00000288. The molecule has 0 saturated carbocycles. The van der Waals surface area contributed by atoms with Crippen LogP contribution in [-0.2, 0) is 16.0 Å². The van der Waals surface area contributed by atoms with E-state index in [1.165, 1.54) is 0 Å². The first-order chi connectivity index (χ1) is 11.2. The van der Waals surface area contributed by atoms with Crippen molar-refractivity contribution in [2.45, 2.75) is 38.2 Å². The minimum absolute atomic E-state index is 0. The van der Waals surface area contributed by atoms with Crippen LogP contribution in [0.1, 0.15) is 31.2 Å². The number of carbonyl (C=O) groups is 1. The third kappa shape index (κ3) is 6.67. The largest absolute Gasteiger partial charge is 0.497 e. The van der Waals surface area contributed by atoms with Gasteiger partial charge >= 0.3 is 0 Å². The number of hydrogen-bond acceptors (Lipinski definition) is 4. The highest BCUT2D eigenvalue weighted by Crippen LogP contribution is 2.17. The third-order valence-corrected chi connectivity index (χ3v) is 4.26. The Morgan fingerprint density at radius 1 is 1.33 bits per heavy atom. The number of ether oxygens (including phenoxy) is 2. The van der Waals surface area contributed by atoms with Crippen molar-refractivity contribution in [2.24, 2.45) is 5.73 Å². The zero-order valence-corrected chi connectivity index (χ0v) is 15.2. The van der Waals surface area contributed by atoms with Crippen LogP contribution in [0, 0.1) is 0 Å². The van der Waals surface area contributed by atoms with Crippen molar-refractivity contribution >= 4 is 18.3 Å². The predicted molar refractivity (Wildman–Crippen MR) is 97.8 cm³/mol. The Labute approximate surface area is 150 Å². The normalized spacial score (nSPS) is 15.0. The fraction of sp³-hybridized carbons (Fsp3) is 0.611. The van der Waals surface area contributed by atoms with Crippen LogP contribution in [0.25, 0.3) is 0 Å². The van der Waals surface area contributed by atoms with Gasteiger partial charge < -0.3 is 20.1 Å². The fourth-order valence-corrected chi connectivity index (χ4v) is 2.84. The van der Waals surface area contributed by atoms with Crippen molar-refractivity contribution in [2.75, 3.05) is 33.4 Å². The maximum atomic E-state index is 12.3. The van der Waals surface area contributed by atoms with Gasteiger partial charge in [-0.2, -0.15) is 0 Å². The molecule has 1 saturated heterocycles. The lowest BCUT2D eigenvalue weighted by Crippen LogP contribution is -2.41. The van der Waals surface area contributed by atoms with Gasteiger partial charge in [-0.15, -0.1) is 12.4 Å². The van der Waals surface area contributed by atoms with E-state index in [0.29, 0.717) is 13.0 Å². The van der Waals surface area contributed by atoms with Crippen molar-refractivity contribution in [3.63, 3.8) is 0 Å². The zero-order chi connectivity index (χ0) is 16.5. The number of benzene rings is 1. The zero-order valence-electron chi connectivity index (χ0n) is 14.4. The lowest BCUT2D eigenvalue weighted by Gasteiger charge is -2.32. The number of carbonyl (C=O) groups excluding carboxylic acids is 1. The number of halogens is 1. The van der Waals surface area contributed by atoms with Crippen LogP contribution in [-0.4, -0.2) is 50.3 Å². The molecule has 0 aliphatic carbocycles. The van der Waals surface area contributed by atoms with E-state index in [0.717, 1.165) is 56.7 Å². The number of nitrogens with zero attached hydrogens (tertiary/aromatic N) is 1. The maximum Gasteiger partial charge on any atom is 0.222 e. The molecule has 1 fully saturated rings. The summed E-state index contributed by atoms with van der Waals surface area (Å²) >= 11 is 0. The van der Waals surface area contributed by atoms with Crippen molar-refractivity contribution in [1.29, 1.82) is 0 Å². The van der Waals surface area contributed by atoms with Gasteiger partial charge in [0.2, 0.25) is 5.91 Å². The van der Waals surface area contributed by atoms with Crippen molar-refractivity contribution in [1.82, 2.24) is 4.90 Å². The molecule has 0 aromatic heterocycles.